The highest BCUT2D eigenvalue weighted by atomic mass is 35.5. The van der Waals surface area contributed by atoms with Gasteiger partial charge in [0.05, 0.1) is 18.2 Å². The maximum absolute atomic E-state index is 12.4. The van der Waals surface area contributed by atoms with E-state index >= 15 is 0 Å². The average Bonchev–Trinajstić information content (AvgIpc) is 3.26. The molecule has 1 aromatic carbocycles. The Balaban J connectivity index is 1.84. The molecule has 0 aliphatic rings. The Kier molecular flexibility index (Phi) is 5.64. The normalized spacial score (nSPS) is 11.5. The molecule has 0 bridgehead atoms. The van der Waals surface area contributed by atoms with Gasteiger partial charge in [-0.3, -0.25) is 4.79 Å². The van der Waals surface area contributed by atoms with Crippen molar-refractivity contribution in [3.63, 3.8) is 0 Å². The maximum atomic E-state index is 12.4. The number of amides is 1. The van der Waals surface area contributed by atoms with E-state index in [0.717, 1.165) is 6.26 Å². The van der Waals surface area contributed by atoms with Crippen LogP contribution < -0.4 is 10.0 Å². The highest BCUT2D eigenvalue weighted by Gasteiger charge is 2.18. The van der Waals surface area contributed by atoms with Crippen LogP contribution in [0.3, 0.4) is 0 Å². The van der Waals surface area contributed by atoms with Crippen LogP contribution in [0.1, 0.15) is 10.5 Å². The molecule has 0 spiro atoms. The number of carbonyl (C=O) groups is 1. The molecular weight excluding hydrogens is 392 g/mol. The first-order chi connectivity index (χ1) is 12.8. The summed E-state index contributed by atoms with van der Waals surface area (Å²) >= 11 is 6.06. The highest BCUT2D eigenvalue weighted by molar-refractivity contribution is 7.88. The van der Waals surface area contributed by atoms with Crippen LogP contribution in [-0.4, -0.2) is 43.5 Å². The molecule has 3 rings (SSSR count). The number of hydrogen-bond donors (Lipinski definition) is 2. The van der Waals surface area contributed by atoms with Gasteiger partial charge in [0.25, 0.3) is 5.91 Å². The molecule has 0 radical (unpaired) electrons. The maximum Gasteiger partial charge on any atom is 0.271 e. The summed E-state index contributed by atoms with van der Waals surface area (Å²) in [6, 6.07) is 12.1. The molecule has 2 N–H and O–H groups in total. The summed E-state index contributed by atoms with van der Waals surface area (Å²) in [6.45, 7) is 0.219. The number of halogens is 1. The standard InChI is InChI=1S/C17H17ClN4O4S/c1-27(24,25)20-8-7-19-17(23)14-11-15(16-6-3-9-26-16)22(21-14)13-5-2-4-12(18)10-13/h2-6,9-11,20H,7-8H2,1H3,(H,19,23). The van der Waals surface area contributed by atoms with Gasteiger partial charge >= 0.3 is 0 Å². The Labute approximate surface area is 161 Å². The predicted molar refractivity (Wildman–Crippen MR) is 101 cm³/mol. The van der Waals surface area contributed by atoms with Crippen molar-refractivity contribution in [2.75, 3.05) is 19.3 Å². The van der Waals surface area contributed by atoms with E-state index in [0.29, 0.717) is 22.2 Å². The Morgan fingerprint density at radius 1 is 1.22 bits per heavy atom. The molecule has 0 aliphatic carbocycles. The molecule has 27 heavy (non-hydrogen) atoms. The molecular formula is C17H17ClN4O4S. The van der Waals surface area contributed by atoms with Gasteiger partial charge in [0.15, 0.2) is 11.5 Å². The topological polar surface area (TPSA) is 106 Å². The predicted octanol–water partition coefficient (Wildman–Crippen LogP) is 2.06. The first-order valence-corrected chi connectivity index (χ1v) is 10.2. The van der Waals surface area contributed by atoms with E-state index in [9.17, 15) is 13.2 Å². The monoisotopic (exact) mass is 408 g/mol. The lowest BCUT2D eigenvalue weighted by Gasteiger charge is -2.06. The molecule has 2 aromatic heterocycles. The van der Waals surface area contributed by atoms with E-state index in [1.807, 2.05) is 6.07 Å². The number of carbonyl (C=O) groups excluding carboxylic acids is 1. The van der Waals surface area contributed by atoms with Gasteiger partial charge in [-0.05, 0) is 30.3 Å². The summed E-state index contributed by atoms with van der Waals surface area (Å²) < 4.78 is 31.4. The van der Waals surface area contributed by atoms with Crippen molar-refractivity contribution in [2.45, 2.75) is 0 Å². The molecule has 0 unspecified atom stereocenters. The fourth-order valence-corrected chi connectivity index (χ4v) is 3.06. The Bertz CT molecular complexity index is 1040. The molecule has 8 nitrogen and oxygen atoms in total. The van der Waals surface area contributed by atoms with Gasteiger partial charge in [0.1, 0.15) is 5.69 Å². The second-order valence-corrected chi connectivity index (χ2v) is 7.98. The van der Waals surface area contributed by atoms with Crippen LogP contribution in [0.15, 0.2) is 53.1 Å². The first-order valence-electron chi connectivity index (χ1n) is 7.96. The smallest absolute Gasteiger partial charge is 0.271 e. The molecule has 10 heteroatoms. The summed E-state index contributed by atoms with van der Waals surface area (Å²) in [7, 11) is -3.30. The molecule has 1 amide bonds. The molecule has 0 fully saturated rings. The summed E-state index contributed by atoms with van der Waals surface area (Å²) in [6.07, 6.45) is 2.58. The number of nitrogens with one attached hydrogen (secondary N) is 2. The number of nitrogens with zero attached hydrogens (tertiary/aromatic N) is 2. The lowest BCUT2D eigenvalue weighted by atomic mass is 10.2. The van der Waals surface area contributed by atoms with Gasteiger partial charge in [-0.15, -0.1) is 0 Å². The molecule has 0 saturated carbocycles. The van der Waals surface area contributed by atoms with E-state index < -0.39 is 15.9 Å². The van der Waals surface area contributed by atoms with Gasteiger partial charge < -0.3 is 9.73 Å². The molecule has 0 saturated heterocycles. The fourth-order valence-electron chi connectivity index (χ4n) is 2.40. The number of benzene rings is 1. The summed E-state index contributed by atoms with van der Waals surface area (Å²) in [5, 5.41) is 7.51. The van der Waals surface area contributed by atoms with Gasteiger partial charge in [0, 0.05) is 24.2 Å². The zero-order valence-electron chi connectivity index (χ0n) is 14.3. The molecule has 0 aliphatic heterocycles. The zero-order valence-corrected chi connectivity index (χ0v) is 15.9. The van der Waals surface area contributed by atoms with Crippen LogP contribution >= 0.6 is 11.6 Å². The fraction of sp³-hybridized carbons (Fsp3) is 0.176. The average molecular weight is 409 g/mol. The van der Waals surface area contributed by atoms with E-state index in [-0.39, 0.29) is 18.8 Å². The minimum Gasteiger partial charge on any atom is -0.463 e. The van der Waals surface area contributed by atoms with E-state index in [2.05, 4.69) is 15.1 Å². The number of aromatic nitrogens is 2. The molecule has 2 heterocycles. The zero-order chi connectivity index (χ0) is 19.4. The first kappa shape index (κ1) is 19.2. The molecule has 142 valence electrons. The Morgan fingerprint density at radius 3 is 2.70 bits per heavy atom. The van der Waals surface area contributed by atoms with Crippen molar-refractivity contribution >= 4 is 27.5 Å². The molecule has 0 atom stereocenters. The number of sulfonamides is 1. The lowest BCUT2D eigenvalue weighted by molar-refractivity contribution is 0.0949. The quantitative estimate of drug-likeness (QED) is 0.582. The minimum atomic E-state index is -3.30. The SMILES string of the molecule is CS(=O)(=O)NCCNC(=O)c1cc(-c2ccco2)n(-c2cccc(Cl)c2)n1. The lowest BCUT2D eigenvalue weighted by Crippen LogP contribution is -2.34. The van der Waals surface area contributed by atoms with Crippen LogP contribution in [0, 0.1) is 0 Å². The van der Waals surface area contributed by atoms with Crippen molar-refractivity contribution in [3.05, 3.63) is 59.4 Å². The third-order valence-electron chi connectivity index (χ3n) is 3.54. The van der Waals surface area contributed by atoms with E-state index in [1.165, 1.54) is 6.26 Å². The largest absolute Gasteiger partial charge is 0.463 e. The van der Waals surface area contributed by atoms with Crippen molar-refractivity contribution < 1.29 is 17.6 Å². The van der Waals surface area contributed by atoms with Gasteiger partial charge in [-0.1, -0.05) is 17.7 Å². The van der Waals surface area contributed by atoms with Crippen LogP contribution in [-0.2, 0) is 10.0 Å². The van der Waals surface area contributed by atoms with E-state index in [1.54, 1.807) is 41.1 Å². The Morgan fingerprint density at radius 2 is 2.04 bits per heavy atom. The summed E-state index contributed by atoms with van der Waals surface area (Å²) in [5.41, 5.74) is 1.43. The minimum absolute atomic E-state index is 0.0879. The number of rotatable bonds is 7. The van der Waals surface area contributed by atoms with Gasteiger partial charge in [-0.2, -0.15) is 5.10 Å². The van der Waals surface area contributed by atoms with Crippen LogP contribution in [0.2, 0.25) is 5.02 Å². The number of furan rings is 1. The van der Waals surface area contributed by atoms with Gasteiger partial charge in [-0.25, -0.2) is 17.8 Å². The third-order valence-corrected chi connectivity index (χ3v) is 4.51. The second-order valence-electron chi connectivity index (χ2n) is 5.71. The third kappa shape index (κ3) is 4.97. The summed E-state index contributed by atoms with van der Waals surface area (Å²) in [4.78, 5) is 12.4. The van der Waals surface area contributed by atoms with Crippen molar-refractivity contribution in [3.8, 4) is 17.1 Å². The summed E-state index contributed by atoms with van der Waals surface area (Å²) in [5.74, 6) is 0.110. The van der Waals surface area contributed by atoms with Crippen LogP contribution in [0.5, 0.6) is 0 Å². The van der Waals surface area contributed by atoms with Crippen molar-refractivity contribution in [2.24, 2.45) is 0 Å². The number of hydrogen-bond acceptors (Lipinski definition) is 5. The molecule has 3 aromatic rings. The van der Waals surface area contributed by atoms with E-state index in [4.69, 9.17) is 16.0 Å². The second kappa shape index (κ2) is 7.95. The van der Waals surface area contributed by atoms with Crippen molar-refractivity contribution in [1.82, 2.24) is 19.8 Å². The van der Waals surface area contributed by atoms with Crippen LogP contribution in [0.4, 0.5) is 0 Å². The highest BCUT2D eigenvalue weighted by Crippen LogP contribution is 2.25. The van der Waals surface area contributed by atoms with Crippen LogP contribution in [0.25, 0.3) is 17.1 Å². The Hall–Kier alpha value is -2.62. The van der Waals surface area contributed by atoms with Crippen molar-refractivity contribution in [1.29, 1.82) is 0 Å². The van der Waals surface area contributed by atoms with Gasteiger partial charge in [0.2, 0.25) is 10.0 Å².